The minimum Gasteiger partial charge on any atom is -0.312 e. The Balaban J connectivity index is 4.47. The van der Waals surface area contributed by atoms with Crippen molar-refractivity contribution in [2.24, 2.45) is 11.3 Å². The fraction of sp³-hybridized carbons (Fsp3) is 1.00. The molecule has 1 nitrogen and oxygen atoms in total. The Hall–Kier alpha value is 0.177. The standard InChI is InChI=1S/C14H33NSi/c1-13(2,3)12(11-16(7,8)9)10-15-14(4,5)6/h12,15H,10-11H2,1-9H3. The van der Waals surface area contributed by atoms with Crippen LogP contribution in [-0.2, 0) is 0 Å². The molecule has 0 fully saturated rings. The lowest BCUT2D eigenvalue weighted by atomic mass is 9.81. The highest BCUT2D eigenvalue weighted by molar-refractivity contribution is 6.76. The van der Waals surface area contributed by atoms with Crippen LogP contribution in [0.1, 0.15) is 41.5 Å². The second-order valence-electron chi connectivity index (χ2n) is 8.46. The predicted octanol–water partition coefficient (Wildman–Crippen LogP) is 4.38. The van der Waals surface area contributed by atoms with Crippen molar-refractivity contribution in [1.82, 2.24) is 5.32 Å². The number of nitrogens with one attached hydrogen (secondary N) is 1. The zero-order chi connectivity index (χ0) is 13.2. The largest absolute Gasteiger partial charge is 0.312 e. The average Bonchev–Trinajstić information content (AvgIpc) is 1.91. The molecule has 0 radical (unpaired) electrons. The summed E-state index contributed by atoms with van der Waals surface area (Å²) in [6, 6.07) is 1.42. The van der Waals surface area contributed by atoms with Crippen LogP contribution < -0.4 is 5.32 Å². The molecular formula is C14H33NSi. The van der Waals surface area contributed by atoms with Crippen molar-refractivity contribution < 1.29 is 0 Å². The SMILES string of the molecule is CC(C)(C)NCC(C[Si](C)(C)C)C(C)(C)C. The first kappa shape index (κ1) is 16.2. The zero-order valence-corrected chi connectivity index (χ0v) is 14.0. The van der Waals surface area contributed by atoms with E-state index < -0.39 is 8.07 Å². The Morgan fingerprint density at radius 2 is 1.38 bits per heavy atom. The van der Waals surface area contributed by atoms with E-state index in [4.69, 9.17) is 0 Å². The Morgan fingerprint density at radius 3 is 1.62 bits per heavy atom. The van der Waals surface area contributed by atoms with Crippen LogP contribution in [0.25, 0.3) is 0 Å². The van der Waals surface area contributed by atoms with E-state index in [0.29, 0.717) is 5.41 Å². The van der Waals surface area contributed by atoms with Gasteiger partial charge in [-0.2, -0.15) is 0 Å². The van der Waals surface area contributed by atoms with E-state index in [1.807, 2.05) is 0 Å². The van der Waals surface area contributed by atoms with Crippen molar-refractivity contribution in [2.45, 2.75) is 72.8 Å². The van der Waals surface area contributed by atoms with E-state index in [2.05, 4.69) is 66.5 Å². The summed E-state index contributed by atoms with van der Waals surface area (Å²) in [6.45, 7) is 22.5. The first-order chi connectivity index (χ1) is 6.81. The minimum atomic E-state index is -0.966. The number of hydrogen-bond acceptors (Lipinski definition) is 1. The molecule has 0 rings (SSSR count). The molecule has 0 saturated heterocycles. The number of hydrogen-bond donors (Lipinski definition) is 1. The fourth-order valence-electron chi connectivity index (χ4n) is 1.85. The average molecular weight is 244 g/mol. The predicted molar refractivity (Wildman–Crippen MR) is 78.9 cm³/mol. The van der Waals surface area contributed by atoms with Crippen molar-refractivity contribution in [1.29, 1.82) is 0 Å². The van der Waals surface area contributed by atoms with Crippen LogP contribution in [-0.4, -0.2) is 20.2 Å². The van der Waals surface area contributed by atoms with Gasteiger partial charge >= 0.3 is 0 Å². The van der Waals surface area contributed by atoms with Crippen molar-refractivity contribution in [3.63, 3.8) is 0 Å². The minimum absolute atomic E-state index is 0.239. The summed E-state index contributed by atoms with van der Waals surface area (Å²) >= 11 is 0. The van der Waals surface area contributed by atoms with Gasteiger partial charge in [-0.05, 0) is 38.6 Å². The maximum atomic E-state index is 3.67. The molecule has 1 atom stereocenters. The quantitative estimate of drug-likeness (QED) is 0.723. The molecule has 1 N–H and O–H groups in total. The summed E-state index contributed by atoms with van der Waals surface area (Å²) in [4.78, 5) is 0. The second kappa shape index (κ2) is 5.22. The molecule has 0 aliphatic rings. The highest BCUT2D eigenvalue weighted by Crippen LogP contribution is 2.32. The zero-order valence-electron chi connectivity index (χ0n) is 13.0. The molecular weight excluding hydrogens is 210 g/mol. The second-order valence-corrected chi connectivity index (χ2v) is 14.0. The Labute approximate surface area is 104 Å². The first-order valence-corrected chi connectivity index (χ1v) is 10.3. The van der Waals surface area contributed by atoms with Gasteiger partial charge in [0, 0.05) is 13.6 Å². The lowest BCUT2D eigenvalue weighted by Gasteiger charge is -2.37. The van der Waals surface area contributed by atoms with Crippen LogP contribution in [0.3, 0.4) is 0 Å². The molecule has 16 heavy (non-hydrogen) atoms. The number of rotatable bonds is 4. The molecule has 0 aliphatic heterocycles. The summed E-state index contributed by atoms with van der Waals surface area (Å²) in [5.41, 5.74) is 0.654. The summed E-state index contributed by atoms with van der Waals surface area (Å²) in [5, 5.41) is 3.67. The van der Waals surface area contributed by atoms with Gasteiger partial charge in [-0.1, -0.05) is 46.5 Å². The molecule has 0 aromatic rings. The van der Waals surface area contributed by atoms with E-state index >= 15 is 0 Å². The lowest BCUT2D eigenvalue weighted by Crippen LogP contribution is -2.44. The van der Waals surface area contributed by atoms with E-state index in [9.17, 15) is 0 Å². The van der Waals surface area contributed by atoms with Crippen LogP contribution >= 0.6 is 0 Å². The monoisotopic (exact) mass is 243 g/mol. The molecule has 1 unspecified atom stereocenters. The Kier molecular flexibility index (Phi) is 5.28. The smallest absolute Gasteiger partial charge is 0.0446 e. The highest BCUT2D eigenvalue weighted by Gasteiger charge is 2.30. The fourth-order valence-corrected chi connectivity index (χ4v) is 4.09. The maximum Gasteiger partial charge on any atom is 0.0446 e. The molecule has 0 spiro atoms. The third-order valence-electron chi connectivity index (χ3n) is 2.96. The van der Waals surface area contributed by atoms with Crippen molar-refractivity contribution in [3.8, 4) is 0 Å². The molecule has 98 valence electrons. The van der Waals surface area contributed by atoms with Gasteiger partial charge in [-0.25, -0.2) is 0 Å². The van der Waals surface area contributed by atoms with Gasteiger partial charge in [-0.3, -0.25) is 0 Å². The molecule has 0 heterocycles. The van der Waals surface area contributed by atoms with E-state index in [1.54, 1.807) is 0 Å². The van der Waals surface area contributed by atoms with Crippen LogP contribution in [0.2, 0.25) is 25.7 Å². The van der Waals surface area contributed by atoms with Gasteiger partial charge in [0.15, 0.2) is 0 Å². The topological polar surface area (TPSA) is 12.0 Å². The van der Waals surface area contributed by atoms with Gasteiger partial charge in [0.25, 0.3) is 0 Å². The molecule has 0 amide bonds. The van der Waals surface area contributed by atoms with Gasteiger partial charge in [0.2, 0.25) is 0 Å². The summed E-state index contributed by atoms with van der Waals surface area (Å²) in [7, 11) is -0.966. The van der Waals surface area contributed by atoms with Crippen molar-refractivity contribution >= 4 is 8.07 Å². The Bertz CT molecular complexity index is 202. The lowest BCUT2D eigenvalue weighted by molar-refractivity contribution is 0.232. The van der Waals surface area contributed by atoms with E-state index in [0.717, 1.165) is 12.5 Å². The van der Waals surface area contributed by atoms with Gasteiger partial charge in [0.1, 0.15) is 0 Å². The van der Waals surface area contributed by atoms with Crippen LogP contribution in [0, 0.1) is 11.3 Å². The summed E-state index contributed by atoms with van der Waals surface area (Å²) in [5.74, 6) is 0.790. The molecule has 0 aliphatic carbocycles. The first-order valence-electron chi connectivity index (χ1n) is 6.56. The van der Waals surface area contributed by atoms with E-state index in [-0.39, 0.29) is 5.54 Å². The Morgan fingerprint density at radius 1 is 0.938 bits per heavy atom. The van der Waals surface area contributed by atoms with Crippen molar-refractivity contribution in [2.75, 3.05) is 6.54 Å². The molecule has 0 saturated carbocycles. The third kappa shape index (κ3) is 8.34. The molecule has 0 aromatic heterocycles. The summed E-state index contributed by atoms with van der Waals surface area (Å²) in [6.07, 6.45) is 0. The molecule has 2 heteroatoms. The van der Waals surface area contributed by atoms with Crippen molar-refractivity contribution in [3.05, 3.63) is 0 Å². The highest BCUT2D eigenvalue weighted by atomic mass is 28.3. The van der Waals surface area contributed by atoms with Gasteiger partial charge in [-0.15, -0.1) is 0 Å². The van der Waals surface area contributed by atoms with Crippen LogP contribution in [0.5, 0.6) is 0 Å². The molecule has 0 aromatic carbocycles. The molecule has 0 bridgehead atoms. The summed E-state index contributed by atoms with van der Waals surface area (Å²) < 4.78 is 0. The van der Waals surface area contributed by atoms with E-state index in [1.165, 1.54) is 6.04 Å². The maximum absolute atomic E-state index is 3.67. The van der Waals surface area contributed by atoms with Crippen LogP contribution in [0.15, 0.2) is 0 Å². The van der Waals surface area contributed by atoms with Gasteiger partial charge < -0.3 is 5.32 Å². The van der Waals surface area contributed by atoms with Gasteiger partial charge in [0.05, 0.1) is 0 Å². The van der Waals surface area contributed by atoms with Crippen LogP contribution in [0.4, 0.5) is 0 Å². The normalized spacial score (nSPS) is 16.3. The third-order valence-corrected chi connectivity index (χ3v) is 4.68.